The van der Waals surface area contributed by atoms with Crippen LogP contribution in [0.3, 0.4) is 0 Å². The zero-order valence-electron chi connectivity index (χ0n) is 8.77. The molecule has 0 amide bonds. The monoisotopic (exact) mass is 298 g/mol. The second kappa shape index (κ2) is 10.2. The molecule has 106 valence electrons. The van der Waals surface area contributed by atoms with E-state index in [9.17, 15) is 21.6 Å². The maximum absolute atomic E-state index is 9.51. The van der Waals surface area contributed by atoms with Crippen LogP contribution in [0, 0.1) is 0 Å². The molecule has 11 nitrogen and oxygen atoms in total. The topological polar surface area (TPSA) is 214 Å². The third-order valence-corrected chi connectivity index (χ3v) is 0.967. The quantitative estimate of drug-likeness (QED) is 0.172. The van der Waals surface area contributed by atoms with E-state index in [0.29, 0.717) is 5.57 Å². The van der Waals surface area contributed by atoms with Crippen LogP contribution in [-0.2, 0) is 34.3 Å². The van der Waals surface area contributed by atoms with Crippen LogP contribution in [0.1, 0.15) is 6.92 Å². The van der Waals surface area contributed by atoms with E-state index in [1.54, 1.807) is 6.92 Å². The summed E-state index contributed by atoms with van der Waals surface area (Å²) < 4.78 is 58.9. The van der Waals surface area contributed by atoms with Gasteiger partial charge in [0.2, 0.25) is 0 Å². The highest BCUT2D eigenvalue weighted by Gasteiger charge is 2.13. The lowest BCUT2D eigenvalue weighted by molar-refractivity contribution is -0.105. The summed E-state index contributed by atoms with van der Waals surface area (Å²) in [5, 5.41) is 0. The maximum atomic E-state index is 9.51. The van der Waals surface area contributed by atoms with Gasteiger partial charge in [0, 0.05) is 0 Å². The first-order chi connectivity index (χ1) is 6.48. The fraction of sp³-hybridized carbons (Fsp3) is 0.250. The van der Waals surface area contributed by atoms with Gasteiger partial charge in [0.15, 0.2) is 0 Å². The summed E-state index contributed by atoms with van der Waals surface area (Å²) in [5.74, 6) is 0. The fourth-order valence-electron chi connectivity index (χ4n) is 0.0702. The van der Waals surface area contributed by atoms with Gasteiger partial charge >= 0.3 is 20.8 Å². The molecule has 0 atom stereocenters. The van der Waals surface area contributed by atoms with Crippen LogP contribution in [0.25, 0.3) is 0 Å². The van der Waals surface area contributed by atoms with E-state index in [0.717, 1.165) is 6.29 Å². The molecule has 0 aromatic carbocycles. The summed E-state index contributed by atoms with van der Waals surface area (Å²) in [7, 11) is -10.0. The van der Waals surface area contributed by atoms with Crippen molar-refractivity contribution in [1.82, 2.24) is 12.3 Å². The van der Waals surface area contributed by atoms with Crippen LogP contribution in [-0.4, -0.2) is 32.2 Å². The first-order valence-corrected chi connectivity index (χ1v) is 5.64. The molecular weight excluding hydrogens is 284 g/mol. The number of hydrogen-bond acceptors (Lipinski definition) is 9. The highest BCUT2D eigenvalue weighted by Crippen LogP contribution is 1.92. The average Bonchev–Trinajstić information content (AvgIpc) is 2.00. The number of carbonyl (C=O) groups is 1. The lowest BCUT2D eigenvalue weighted by Gasteiger charge is -1.92. The molecule has 0 aromatic heterocycles. The van der Waals surface area contributed by atoms with Gasteiger partial charge in [0.1, 0.15) is 6.29 Å². The zero-order valence-corrected chi connectivity index (χ0v) is 10.4. The second-order valence-corrected chi connectivity index (χ2v) is 3.94. The first kappa shape index (κ1) is 25.1. The van der Waals surface area contributed by atoms with Crippen LogP contribution < -0.4 is 12.3 Å². The van der Waals surface area contributed by atoms with Gasteiger partial charge in [0.25, 0.3) is 0 Å². The third kappa shape index (κ3) is 39.5. The van der Waals surface area contributed by atoms with E-state index < -0.39 is 20.8 Å². The van der Waals surface area contributed by atoms with Gasteiger partial charge in [0.05, 0.1) is 0 Å². The van der Waals surface area contributed by atoms with Crippen molar-refractivity contribution in [2.45, 2.75) is 6.92 Å². The van der Waals surface area contributed by atoms with E-state index >= 15 is 0 Å². The van der Waals surface area contributed by atoms with Crippen LogP contribution in [0.5, 0.6) is 0 Å². The number of hydrogen-bond donors (Lipinski definition) is 4. The van der Waals surface area contributed by atoms with E-state index in [-0.39, 0.29) is 12.3 Å². The van der Waals surface area contributed by atoms with Crippen LogP contribution >= 0.6 is 0 Å². The van der Waals surface area contributed by atoms with E-state index in [1.807, 2.05) is 0 Å². The van der Waals surface area contributed by atoms with Crippen LogP contribution in [0.4, 0.5) is 0 Å². The van der Waals surface area contributed by atoms with Crippen molar-refractivity contribution in [3.63, 3.8) is 0 Å². The van der Waals surface area contributed by atoms with Gasteiger partial charge < -0.3 is 12.3 Å². The lowest BCUT2D eigenvalue weighted by Crippen LogP contribution is -2.10. The molecule has 0 aromatic rings. The molecule has 0 aliphatic heterocycles. The summed E-state index contributed by atoms with van der Waals surface area (Å²) in [5.41, 5.74) is 0.574. The number of allylic oxidation sites excluding steroid dienone is 1. The van der Waals surface area contributed by atoms with Crippen molar-refractivity contribution in [2.24, 2.45) is 0 Å². The fourth-order valence-corrected chi connectivity index (χ4v) is 0.632. The van der Waals surface area contributed by atoms with Crippen molar-refractivity contribution >= 4 is 27.1 Å². The molecule has 0 saturated heterocycles. The smallest absolute Gasteiger partial charge is 0.344 e. The summed E-state index contributed by atoms with van der Waals surface area (Å²) >= 11 is 0. The lowest BCUT2D eigenvalue weighted by atomic mass is 10.4. The van der Waals surface area contributed by atoms with Gasteiger partial charge in [-0.2, -0.15) is 16.8 Å². The molecule has 8 N–H and O–H groups in total. The maximum Gasteiger partial charge on any atom is 0.425 e. The van der Waals surface area contributed by atoms with Gasteiger partial charge in [-0.25, -0.2) is 0 Å². The van der Waals surface area contributed by atoms with Crippen molar-refractivity contribution in [3.8, 4) is 0 Å². The van der Waals surface area contributed by atoms with Crippen LogP contribution in [0.15, 0.2) is 12.2 Å². The minimum absolute atomic E-state index is 0. The molecule has 0 saturated carbocycles. The van der Waals surface area contributed by atoms with Crippen LogP contribution in [0.2, 0.25) is 0 Å². The Morgan fingerprint density at radius 2 is 1.24 bits per heavy atom. The van der Waals surface area contributed by atoms with E-state index in [2.05, 4.69) is 15.2 Å². The third-order valence-electron chi connectivity index (χ3n) is 0.401. The van der Waals surface area contributed by atoms with E-state index in [1.165, 1.54) is 0 Å². The normalized spacial score (nSPS) is 9.82. The molecule has 0 aliphatic rings. The molecule has 0 heterocycles. The average molecular weight is 298 g/mol. The Morgan fingerprint density at radius 1 is 1.06 bits per heavy atom. The molecule has 0 fully saturated rings. The standard InChI is InChI=1S/C4H6O.2H3N.H2O8S2/c1-4(2)3-5;;;1-9(2,3)7-8-10(4,5)6/h3H,1H2,2H3;2*1H3;(H,1,2,3)(H,4,5,6). The molecule has 0 radical (unpaired) electrons. The zero-order chi connectivity index (χ0) is 12.7. The number of rotatable bonds is 4. The van der Waals surface area contributed by atoms with E-state index in [4.69, 9.17) is 9.11 Å². The summed E-state index contributed by atoms with van der Waals surface area (Å²) in [4.78, 5) is 9.41. The van der Waals surface area contributed by atoms with Crippen molar-refractivity contribution in [3.05, 3.63) is 12.2 Å². The number of aldehydes is 1. The Labute approximate surface area is 98.4 Å². The summed E-state index contributed by atoms with van der Waals surface area (Å²) in [6, 6.07) is 0. The Bertz CT molecular complexity index is 378. The largest absolute Gasteiger partial charge is 0.425 e. The Morgan fingerprint density at radius 3 is 1.29 bits per heavy atom. The molecule has 0 bridgehead atoms. The molecular formula is C4H14N2O9S2. The van der Waals surface area contributed by atoms with Gasteiger partial charge in [-0.3, -0.25) is 13.9 Å². The van der Waals surface area contributed by atoms with Crippen molar-refractivity contribution < 1.29 is 39.4 Å². The summed E-state index contributed by atoms with van der Waals surface area (Å²) in [6.07, 6.45) is 0.722. The first-order valence-electron chi connectivity index (χ1n) is 2.91. The molecule has 0 spiro atoms. The molecule has 0 unspecified atom stereocenters. The molecule has 0 aliphatic carbocycles. The van der Waals surface area contributed by atoms with Crippen molar-refractivity contribution in [1.29, 1.82) is 0 Å². The summed E-state index contributed by atoms with van der Waals surface area (Å²) in [6.45, 7) is 4.97. The minimum Gasteiger partial charge on any atom is -0.344 e. The van der Waals surface area contributed by atoms with Gasteiger partial charge in [-0.05, 0) is 12.5 Å². The SMILES string of the molecule is C=C(C)C=O.N.N.O=S(=O)(O)OOS(=O)(=O)O. The molecule has 17 heavy (non-hydrogen) atoms. The van der Waals surface area contributed by atoms with Crippen molar-refractivity contribution in [2.75, 3.05) is 0 Å². The molecule has 0 rings (SSSR count). The Hall–Kier alpha value is -0.930. The van der Waals surface area contributed by atoms with Gasteiger partial charge in [-0.1, -0.05) is 15.2 Å². The predicted octanol–water partition coefficient (Wildman–Crippen LogP) is -0.374. The Balaban J connectivity index is -0.000000105. The van der Waals surface area contributed by atoms with Gasteiger partial charge in [-0.15, -0.1) is 0 Å². The number of carbonyl (C=O) groups excluding carboxylic acids is 1. The highest BCUT2D eigenvalue weighted by atomic mass is 32.3. The minimum atomic E-state index is -5.02. The second-order valence-electron chi connectivity index (χ2n) is 1.96. The Kier molecular flexibility index (Phi) is 15.1. The predicted molar refractivity (Wildman–Crippen MR) is 56.2 cm³/mol. The highest BCUT2D eigenvalue weighted by molar-refractivity contribution is 7.83. The molecule has 13 heteroatoms.